The van der Waals surface area contributed by atoms with Gasteiger partial charge in [0.15, 0.2) is 0 Å². The molecule has 0 saturated carbocycles. The lowest BCUT2D eigenvalue weighted by atomic mass is 10.1. The van der Waals surface area contributed by atoms with Gasteiger partial charge >= 0.3 is 0 Å². The van der Waals surface area contributed by atoms with Gasteiger partial charge in [0.25, 0.3) is 0 Å². The molecule has 0 saturated heterocycles. The van der Waals surface area contributed by atoms with E-state index in [4.69, 9.17) is 10.2 Å². The summed E-state index contributed by atoms with van der Waals surface area (Å²) in [6, 6.07) is 7.76. The summed E-state index contributed by atoms with van der Waals surface area (Å²) in [4.78, 5) is 0. The second-order valence-corrected chi connectivity index (χ2v) is 3.03. The van der Waals surface area contributed by atoms with Crippen molar-refractivity contribution in [2.24, 2.45) is 5.73 Å². The highest BCUT2D eigenvalue weighted by atomic mass is 16.4. The van der Waals surface area contributed by atoms with Gasteiger partial charge < -0.3 is 10.2 Å². The molecule has 0 fully saturated rings. The first-order valence-electron chi connectivity index (χ1n) is 4.39. The summed E-state index contributed by atoms with van der Waals surface area (Å²) in [5, 5.41) is 7.69. The Morgan fingerprint density at radius 1 is 1.21 bits per heavy atom. The van der Waals surface area contributed by atoms with Crippen LogP contribution >= 0.6 is 0 Å². The van der Waals surface area contributed by atoms with E-state index in [0.29, 0.717) is 18.3 Å². The number of benzene rings is 1. The molecule has 0 bridgehead atoms. The van der Waals surface area contributed by atoms with Crippen molar-refractivity contribution in [1.82, 2.24) is 10.2 Å². The quantitative estimate of drug-likeness (QED) is 0.777. The van der Waals surface area contributed by atoms with Crippen LogP contribution < -0.4 is 5.73 Å². The lowest BCUT2D eigenvalue weighted by Crippen LogP contribution is -1.95. The van der Waals surface area contributed by atoms with Crippen LogP contribution in [0.5, 0.6) is 0 Å². The molecule has 0 unspecified atom stereocenters. The van der Waals surface area contributed by atoms with E-state index in [2.05, 4.69) is 10.2 Å². The largest absolute Gasteiger partial charge is 0.421 e. The zero-order valence-electron chi connectivity index (χ0n) is 7.90. The molecule has 4 heteroatoms. The first-order chi connectivity index (χ1) is 6.79. The summed E-state index contributed by atoms with van der Waals surface area (Å²) in [6.07, 6.45) is 0. The molecule has 0 atom stereocenters. The van der Waals surface area contributed by atoms with Crippen molar-refractivity contribution in [1.29, 1.82) is 0 Å². The van der Waals surface area contributed by atoms with E-state index < -0.39 is 0 Å². The van der Waals surface area contributed by atoms with Crippen LogP contribution in [0.3, 0.4) is 0 Å². The van der Waals surface area contributed by atoms with Gasteiger partial charge in [-0.25, -0.2) is 0 Å². The van der Waals surface area contributed by atoms with Crippen molar-refractivity contribution in [2.45, 2.75) is 13.5 Å². The topological polar surface area (TPSA) is 64.9 Å². The van der Waals surface area contributed by atoms with Gasteiger partial charge in [0, 0.05) is 19.0 Å². The standard InChI is InChI=1S/C10H11N3O/c1-7-12-13-10(14-7)9-4-2-8(6-11)3-5-9/h2-5H,6,11H2,1H3. The highest BCUT2D eigenvalue weighted by molar-refractivity contribution is 5.52. The molecule has 14 heavy (non-hydrogen) atoms. The van der Waals surface area contributed by atoms with E-state index in [1.54, 1.807) is 6.92 Å². The number of aryl methyl sites for hydroxylation is 1. The average molecular weight is 189 g/mol. The Hall–Kier alpha value is -1.68. The molecule has 1 aromatic heterocycles. The summed E-state index contributed by atoms with van der Waals surface area (Å²) in [5.74, 6) is 1.12. The third-order valence-corrected chi connectivity index (χ3v) is 1.96. The molecule has 0 aliphatic heterocycles. The second kappa shape index (κ2) is 3.59. The molecular weight excluding hydrogens is 178 g/mol. The van der Waals surface area contributed by atoms with Crippen LogP contribution in [-0.4, -0.2) is 10.2 Å². The third kappa shape index (κ3) is 1.65. The number of nitrogens with two attached hydrogens (primary N) is 1. The summed E-state index contributed by atoms with van der Waals surface area (Å²) < 4.78 is 5.29. The second-order valence-electron chi connectivity index (χ2n) is 3.03. The fourth-order valence-corrected chi connectivity index (χ4v) is 1.20. The van der Waals surface area contributed by atoms with Crippen LogP contribution in [0, 0.1) is 6.92 Å². The number of hydrogen-bond acceptors (Lipinski definition) is 4. The molecule has 2 aromatic rings. The Morgan fingerprint density at radius 3 is 2.43 bits per heavy atom. The first kappa shape index (κ1) is 8.90. The van der Waals surface area contributed by atoms with Crippen LogP contribution in [0.1, 0.15) is 11.5 Å². The molecule has 0 radical (unpaired) electrons. The Kier molecular flexibility index (Phi) is 2.28. The Bertz CT molecular complexity index is 419. The molecule has 0 spiro atoms. The summed E-state index contributed by atoms with van der Waals surface area (Å²) in [5.41, 5.74) is 7.50. The fourth-order valence-electron chi connectivity index (χ4n) is 1.20. The minimum Gasteiger partial charge on any atom is -0.421 e. The molecule has 2 N–H and O–H groups in total. The smallest absolute Gasteiger partial charge is 0.247 e. The molecule has 1 aromatic carbocycles. The van der Waals surface area contributed by atoms with Gasteiger partial charge in [0.1, 0.15) is 0 Å². The normalized spacial score (nSPS) is 10.4. The van der Waals surface area contributed by atoms with Crippen molar-refractivity contribution in [3.8, 4) is 11.5 Å². The zero-order valence-corrected chi connectivity index (χ0v) is 7.90. The zero-order chi connectivity index (χ0) is 9.97. The highest BCUT2D eigenvalue weighted by Crippen LogP contribution is 2.17. The van der Waals surface area contributed by atoms with E-state index in [1.165, 1.54) is 0 Å². The van der Waals surface area contributed by atoms with Gasteiger partial charge in [-0.2, -0.15) is 0 Å². The number of hydrogen-bond donors (Lipinski definition) is 1. The summed E-state index contributed by atoms with van der Waals surface area (Å²) >= 11 is 0. The van der Waals surface area contributed by atoms with E-state index in [0.717, 1.165) is 11.1 Å². The SMILES string of the molecule is Cc1nnc(-c2ccc(CN)cc2)o1. The fraction of sp³-hybridized carbons (Fsp3) is 0.200. The van der Waals surface area contributed by atoms with E-state index in [9.17, 15) is 0 Å². The van der Waals surface area contributed by atoms with Crippen LogP contribution in [0.15, 0.2) is 28.7 Å². The van der Waals surface area contributed by atoms with Crippen LogP contribution in [0.25, 0.3) is 11.5 Å². The van der Waals surface area contributed by atoms with Gasteiger partial charge in [-0.15, -0.1) is 10.2 Å². The van der Waals surface area contributed by atoms with Gasteiger partial charge in [-0.1, -0.05) is 12.1 Å². The maximum absolute atomic E-state index is 5.49. The van der Waals surface area contributed by atoms with Gasteiger partial charge in [0.05, 0.1) is 0 Å². The number of aromatic nitrogens is 2. The van der Waals surface area contributed by atoms with Crippen LogP contribution in [0.2, 0.25) is 0 Å². The van der Waals surface area contributed by atoms with Crippen molar-refractivity contribution in [2.75, 3.05) is 0 Å². The van der Waals surface area contributed by atoms with E-state index in [1.807, 2.05) is 24.3 Å². The highest BCUT2D eigenvalue weighted by Gasteiger charge is 2.04. The number of nitrogens with zero attached hydrogens (tertiary/aromatic N) is 2. The van der Waals surface area contributed by atoms with Gasteiger partial charge in [-0.3, -0.25) is 0 Å². The van der Waals surface area contributed by atoms with E-state index in [-0.39, 0.29) is 0 Å². The maximum Gasteiger partial charge on any atom is 0.247 e. The van der Waals surface area contributed by atoms with Gasteiger partial charge in [-0.05, 0) is 17.7 Å². The van der Waals surface area contributed by atoms with Crippen molar-refractivity contribution < 1.29 is 4.42 Å². The van der Waals surface area contributed by atoms with Crippen molar-refractivity contribution in [3.63, 3.8) is 0 Å². The van der Waals surface area contributed by atoms with Gasteiger partial charge in [0.2, 0.25) is 11.8 Å². The Morgan fingerprint density at radius 2 is 1.93 bits per heavy atom. The minimum atomic E-state index is 0.545. The lowest BCUT2D eigenvalue weighted by Gasteiger charge is -1.97. The molecule has 0 amide bonds. The van der Waals surface area contributed by atoms with E-state index >= 15 is 0 Å². The minimum absolute atomic E-state index is 0.545. The number of rotatable bonds is 2. The summed E-state index contributed by atoms with van der Waals surface area (Å²) in [6.45, 7) is 2.31. The first-order valence-corrected chi connectivity index (χ1v) is 4.39. The predicted octanol–water partition coefficient (Wildman–Crippen LogP) is 1.50. The monoisotopic (exact) mass is 189 g/mol. The third-order valence-electron chi connectivity index (χ3n) is 1.96. The molecule has 4 nitrogen and oxygen atoms in total. The van der Waals surface area contributed by atoms with Crippen LogP contribution in [-0.2, 0) is 6.54 Å². The Labute approximate surface area is 81.8 Å². The molecule has 2 rings (SSSR count). The predicted molar refractivity (Wildman–Crippen MR) is 52.4 cm³/mol. The summed E-state index contributed by atoms with van der Waals surface area (Å²) in [7, 11) is 0. The molecule has 72 valence electrons. The lowest BCUT2D eigenvalue weighted by molar-refractivity contribution is 0.533. The molecule has 0 aliphatic carbocycles. The molecule has 0 aliphatic rings. The Balaban J connectivity index is 2.33. The van der Waals surface area contributed by atoms with Crippen molar-refractivity contribution in [3.05, 3.63) is 35.7 Å². The maximum atomic E-state index is 5.49. The molecular formula is C10H11N3O. The van der Waals surface area contributed by atoms with Crippen molar-refractivity contribution >= 4 is 0 Å². The van der Waals surface area contributed by atoms with Crippen LogP contribution in [0.4, 0.5) is 0 Å². The average Bonchev–Trinajstić information content (AvgIpc) is 2.65. The molecule has 1 heterocycles.